The van der Waals surface area contributed by atoms with E-state index in [1.54, 1.807) is 12.5 Å². The third kappa shape index (κ3) is 2.92. The second-order valence-electron chi connectivity index (χ2n) is 5.35. The average Bonchev–Trinajstić information content (AvgIpc) is 3.31. The lowest BCUT2D eigenvalue weighted by atomic mass is 10.1. The van der Waals surface area contributed by atoms with E-state index in [1.165, 1.54) is 0 Å². The van der Waals surface area contributed by atoms with Gasteiger partial charge in [0.05, 0.1) is 12.5 Å². The van der Waals surface area contributed by atoms with Gasteiger partial charge in [-0.05, 0) is 12.1 Å². The van der Waals surface area contributed by atoms with E-state index in [0.29, 0.717) is 5.89 Å². The van der Waals surface area contributed by atoms with Gasteiger partial charge in [0.25, 0.3) is 0 Å². The summed E-state index contributed by atoms with van der Waals surface area (Å²) in [5.74, 6) is 1.34. The summed E-state index contributed by atoms with van der Waals surface area (Å²) < 4.78 is 11.1. The summed E-state index contributed by atoms with van der Waals surface area (Å²) in [5, 5.41) is 0. The minimum Gasteiger partial charge on any atom is -0.472 e. The Hall–Kier alpha value is -3.33. The van der Waals surface area contributed by atoms with Gasteiger partial charge in [0.15, 0.2) is 5.76 Å². The molecular weight excluding hydrogens is 298 g/mol. The Bertz CT molecular complexity index is 879. The van der Waals surface area contributed by atoms with Crippen molar-refractivity contribution in [1.29, 1.82) is 0 Å². The van der Waals surface area contributed by atoms with Crippen LogP contribution in [0.15, 0.2) is 88.1 Å². The lowest BCUT2D eigenvalue weighted by molar-refractivity contribution is 0.560. The number of benzene rings is 2. The lowest BCUT2D eigenvalue weighted by Crippen LogP contribution is -1.81. The molecule has 0 N–H and O–H groups in total. The zero-order valence-electron chi connectivity index (χ0n) is 12.9. The first-order chi connectivity index (χ1) is 11.9. The van der Waals surface area contributed by atoms with E-state index in [-0.39, 0.29) is 0 Å². The topological polar surface area (TPSA) is 39.2 Å². The van der Waals surface area contributed by atoms with E-state index in [0.717, 1.165) is 28.1 Å². The van der Waals surface area contributed by atoms with Crippen LogP contribution in [-0.2, 0) is 0 Å². The van der Waals surface area contributed by atoms with E-state index in [1.807, 2.05) is 78.9 Å². The Labute approximate surface area is 139 Å². The Morgan fingerprint density at radius 1 is 0.750 bits per heavy atom. The van der Waals surface area contributed by atoms with Crippen LogP contribution in [0.3, 0.4) is 0 Å². The number of furan rings is 1. The number of aromatic nitrogens is 1. The van der Waals surface area contributed by atoms with E-state index in [4.69, 9.17) is 8.83 Å². The summed E-state index contributed by atoms with van der Waals surface area (Å²) >= 11 is 0. The molecule has 0 saturated heterocycles. The smallest absolute Gasteiger partial charge is 0.220 e. The molecule has 0 aliphatic heterocycles. The molecule has 0 amide bonds. The quantitative estimate of drug-likeness (QED) is 0.480. The number of hydrogen-bond donors (Lipinski definition) is 0. The van der Waals surface area contributed by atoms with Crippen molar-refractivity contribution in [3.8, 4) is 22.6 Å². The van der Waals surface area contributed by atoms with Crippen LogP contribution < -0.4 is 0 Å². The molecule has 4 aromatic rings. The van der Waals surface area contributed by atoms with E-state index in [9.17, 15) is 0 Å². The minimum atomic E-state index is 0.564. The predicted octanol–water partition coefficient (Wildman–Crippen LogP) is 5.77. The van der Waals surface area contributed by atoms with Crippen LogP contribution in [-0.4, -0.2) is 4.98 Å². The number of oxazole rings is 1. The summed E-state index contributed by atoms with van der Waals surface area (Å²) in [5.41, 5.74) is 3.85. The number of hydrogen-bond acceptors (Lipinski definition) is 3. The molecular formula is C21H15NO2. The molecule has 2 aromatic heterocycles. The highest BCUT2D eigenvalue weighted by atomic mass is 16.4. The molecule has 116 valence electrons. The Morgan fingerprint density at radius 3 is 2.12 bits per heavy atom. The maximum Gasteiger partial charge on any atom is 0.220 e. The van der Waals surface area contributed by atoms with Crippen molar-refractivity contribution in [2.24, 2.45) is 0 Å². The van der Waals surface area contributed by atoms with Gasteiger partial charge in [-0.15, -0.1) is 0 Å². The van der Waals surface area contributed by atoms with E-state index < -0.39 is 0 Å². The first kappa shape index (κ1) is 14.3. The van der Waals surface area contributed by atoms with Crippen molar-refractivity contribution in [3.63, 3.8) is 0 Å². The third-order valence-corrected chi connectivity index (χ3v) is 3.69. The monoisotopic (exact) mass is 313 g/mol. The van der Waals surface area contributed by atoms with Crippen LogP contribution in [0.4, 0.5) is 0 Å². The van der Waals surface area contributed by atoms with Crippen LogP contribution >= 0.6 is 0 Å². The fourth-order valence-electron chi connectivity index (χ4n) is 2.52. The first-order valence-corrected chi connectivity index (χ1v) is 7.72. The SMILES string of the molecule is C(=C\c1nc(-c2ccccc2)c(-c2ccccc2)o1)/c1ccoc1. The van der Waals surface area contributed by atoms with Gasteiger partial charge < -0.3 is 8.83 Å². The highest BCUT2D eigenvalue weighted by molar-refractivity contribution is 5.78. The molecule has 3 nitrogen and oxygen atoms in total. The summed E-state index contributed by atoms with van der Waals surface area (Å²) in [4.78, 5) is 4.67. The maximum atomic E-state index is 6.03. The lowest BCUT2D eigenvalue weighted by Gasteiger charge is -2.00. The summed E-state index contributed by atoms with van der Waals surface area (Å²) in [6, 6.07) is 22.0. The van der Waals surface area contributed by atoms with Crippen LogP contribution in [0.1, 0.15) is 11.5 Å². The van der Waals surface area contributed by atoms with Gasteiger partial charge in [0.1, 0.15) is 5.69 Å². The molecule has 0 aliphatic carbocycles. The molecule has 2 aromatic carbocycles. The molecule has 0 aliphatic rings. The van der Waals surface area contributed by atoms with Gasteiger partial charge in [-0.2, -0.15) is 0 Å². The second-order valence-corrected chi connectivity index (χ2v) is 5.35. The van der Waals surface area contributed by atoms with Gasteiger partial charge in [0.2, 0.25) is 5.89 Å². The molecule has 0 saturated carbocycles. The Morgan fingerprint density at radius 2 is 1.46 bits per heavy atom. The van der Waals surface area contributed by atoms with Crippen LogP contribution in [0.5, 0.6) is 0 Å². The molecule has 0 atom stereocenters. The maximum absolute atomic E-state index is 6.03. The third-order valence-electron chi connectivity index (χ3n) is 3.69. The number of nitrogens with zero attached hydrogens (tertiary/aromatic N) is 1. The fourth-order valence-corrected chi connectivity index (χ4v) is 2.52. The summed E-state index contributed by atoms with van der Waals surface area (Å²) in [7, 11) is 0. The largest absolute Gasteiger partial charge is 0.472 e. The second kappa shape index (κ2) is 6.42. The predicted molar refractivity (Wildman–Crippen MR) is 95.0 cm³/mol. The molecule has 3 heteroatoms. The van der Waals surface area contributed by atoms with Gasteiger partial charge >= 0.3 is 0 Å². The van der Waals surface area contributed by atoms with Crippen LogP contribution in [0.25, 0.3) is 34.7 Å². The van der Waals surface area contributed by atoms with Crippen molar-refractivity contribution in [2.75, 3.05) is 0 Å². The molecule has 0 radical (unpaired) electrons. The molecule has 4 rings (SSSR count). The van der Waals surface area contributed by atoms with E-state index >= 15 is 0 Å². The van der Waals surface area contributed by atoms with Crippen LogP contribution in [0.2, 0.25) is 0 Å². The van der Waals surface area contributed by atoms with Crippen LogP contribution in [0, 0.1) is 0 Å². The van der Waals surface area contributed by atoms with Crippen molar-refractivity contribution >= 4 is 12.2 Å². The van der Waals surface area contributed by atoms with Gasteiger partial charge in [-0.3, -0.25) is 0 Å². The minimum absolute atomic E-state index is 0.564. The highest BCUT2D eigenvalue weighted by Gasteiger charge is 2.15. The van der Waals surface area contributed by atoms with Gasteiger partial charge in [-0.25, -0.2) is 4.98 Å². The van der Waals surface area contributed by atoms with Crippen molar-refractivity contribution in [1.82, 2.24) is 4.98 Å². The highest BCUT2D eigenvalue weighted by Crippen LogP contribution is 2.33. The fraction of sp³-hybridized carbons (Fsp3) is 0. The molecule has 0 fully saturated rings. The number of rotatable bonds is 4. The Balaban J connectivity index is 1.79. The summed E-state index contributed by atoms with van der Waals surface area (Å²) in [6.07, 6.45) is 7.08. The normalized spacial score (nSPS) is 11.2. The van der Waals surface area contributed by atoms with Crippen molar-refractivity contribution in [3.05, 3.63) is 90.7 Å². The molecule has 0 bridgehead atoms. The van der Waals surface area contributed by atoms with E-state index in [2.05, 4.69) is 4.98 Å². The van der Waals surface area contributed by atoms with Gasteiger partial charge in [0, 0.05) is 22.8 Å². The molecule has 0 unspecified atom stereocenters. The van der Waals surface area contributed by atoms with Gasteiger partial charge in [-0.1, -0.05) is 60.7 Å². The molecule has 0 spiro atoms. The zero-order chi connectivity index (χ0) is 16.2. The average molecular weight is 313 g/mol. The van der Waals surface area contributed by atoms with Crippen molar-refractivity contribution in [2.45, 2.75) is 0 Å². The Kier molecular flexibility index (Phi) is 3.82. The summed E-state index contributed by atoms with van der Waals surface area (Å²) in [6.45, 7) is 0. The molecule has 2 heterocycles. The standard InChI is InChI=1S/C21H15NO2/c1-3-7-17(8-4-1)20-21(18-9-5-2-6-10-18)24-19(22-20)12-11-16-13-14-23-15-16/h1-15H/b12-11+. The van der Waals surface area contributed by atoms with Crippen molar-refractivity contribution < 1.29 is 8.83 Å². The first-order valence-electron chi connectivity index (χ1n) is 7.72. The molecule has 24 heavy (non-hydrogen) atoms. The zero-order valence-corrected chi connectivity index (χ0v) is 12.9.